The summed E-state index contributed by atoms with van der Waals surface area (Å²) in [6, 6.07) is 1.80. The summed E-state index contributed by atoms with van der Waals surface area (Å²) < 4.78 is 1.64. The number of hydrogen-bond acceptors (Lipinski definition) is 3. The second-order valence-electron chi connectivity index (χ2n) is 4.03. The van der Waals surface area contributed by atoms with E-state index in [0.29, 0.717) is 6.54 Å². The molecule has 2 heterocycles. The number of rotatable bonds is 4. The fourth-order valence-electron chi connectivity index (χ4n) is 1.62. The molecule has 0 saturated heterocycles. The third-order valence-corrected chi connectivity index (χ3v) is 3.96. The molecular formula is C12H14ClN3OS. The molecule has 6 heteroatoms. The lowest BCUT2D eigenvalue weighted by molar-refractivity contribution is -0.116. The van der Waals surface area contributed by atoms with Gasteiger partial charge >= 0.3 is 0 Å². The minimum atomic E-state index is -0.636. The highest BCUT2D eigenvalue weighted by Crippen LogP contribution is 2.26. The van der Waals surface area contributed by atoms with E-state index in [1.807, 2.05) is 19.2 Å². The molecule has 2 aromatic rings. The third-order valence-electron chi connectivity index (χ3n) is 2.60. The lowest BCUT2D eigenvalue weighted by Crippen LogP contribution is -2.27. The normalized spacial score (nSPS) is 12.4. The van der Waals surface area contributed by atoms with Gasteiger partial charge < -0.3 is 5.32 Å². The first-order chi connectivity index (χ1) is 8.58. The van der Waals surface area contributed by atoms with Crippen LogP contribution in [0.1, 0.15) is 10.4 Å². The molecule has 1 amide bonds. The zero-order chi connectivity index (χ0) is 13.1. The topological polar surface area (TPSA) is 46.9 Å². The van der Waals surface area contributed by atoms with E-state index in [1.165, 1.54) is 0 Å². The maximum Gasteiger partial charge on any atom is 0.244 e. The van der Waals surface area contributed by atoms with Gasteiger partial charge in [-0.25, -0.2) is 0 Å². The average molecular weight is 284 g/mol. The molecular weight excluding hydrogens is 270 g/mol. The molecule has 2 aromatic heterocycles. The number of nitrogens with one attached hydrogen (secondary N) is 1. The second-order valence-corrected chi connectivity index (χ2v) is 5.65. The number of alkyl halides is 1. The monoisotopic (exact) mass is 283 g/mol. The fourth-order valence-corrected chi connectivity index (χ4v) is 2.61. The molecule has 2 rings (SSSR count). The molecule has 0 spiro atoms. The Morgan fingerprint density at radius 2 is 2.39 bits per heavy atom. The van der Waals surface area contributed by atoms with Crippen LogP contribution in [-0.4, -0.2) is 21.1 Å². The molecule has 0 radical (unpaired) electrons. The first-order valence-corrected chi connectivity index (χ1v) is 6.86. The Bertz CT molecular complexity index is 516. The first kappa shape index (κ1) is 13.1. The molecule has 0 aromatic carbocycles. The predicted molar refractivity (Wildman–Crippen MR) is 74.3 cm³/mol. The molecule has 96 valence electrons. The standard InChI is InChI=1S/C12H14ClN3OS/c1-8-7-18-9(2)11(8)15-12(17)10(13)6-16-5-3-4-14-16/h3-5,7,10H,6H2,1-2H3,(H,15,17). The van der Waals surface area contributed by atoms with E-state index in [4.69, 9.17) is 11.6 Å². The summed E-state index contributed by atoms with van der Waals surface area (Å²) in [5.41, 5.74) is 1.94. The van der Waals surface area contributed by atoms with Crippen molar-refractivity contribution in [2.75, 3.05) is 5.32 Å². The molecule has 1 N–H and O–H groups in total. The van der Waals surface area contributed by atoms with E-state index in [0.717, 1.165) is 16.1 Å². The molecule has 1 atom stereocenters. The van der Waals surface area contributed by atoms with Crippen LogP contribution in [0.15, 0.2) is 23.8 Å². The Kier molecular flexibility index (Phi) is 4.04. The van der Waals surface area contributed by atoms with Crippen molar-refractivity contribution in [1.29, 1.82) is 0 Å². The van der Waals surface area contributed by atoms with Crippen molar-refractivity contribution in [3.63, 3.8) is 0 Å². The van der Waals surface area contributed by atoms with Gasteiger partial charge in [0.25, 0.3) is 0 Å². The van der Waals surface area contributed by atoms with Crippen LogP contribution < -0.4 is 5.32 Å². The summed E-state index contributed by atoms with van der Waals surface area (Å²) in [6.45, 7) is 4.31. The van der Waals surface area contributed by atoms with Gasteiger partial charge in [-0.1, -0.05) is 0 Å². The number of carbonyl (C=O) groups is 1. The zero-order valence-electron chi connectivity index (χ0n) is 10.2. The number of amides is 1. The molecule has 0 aliphatic heterocycles. The van der Waals surface area contributed by atoms with E-state index in [2.05, 4.69) is 10.4 Å². The lowest BCUT2D eigenvalue weighted by atomic mass is 10.2. The van der Waals surface area contributed by atoms with Crippen LogP contribution >= 0.6 is 22.9 Å². The number of hydrogen-bond donors (Lipinski definition) is 1. The van der Waals surface area contributed by atoms with E-state index in [-0.39, 0.29) is 5.91 Å². The molecule has 18 heavy (non-hydrogen) atoms. The van der Waals surface area contributed by atoms with Crippen LogP contribution in [0.25, 0.3) is 0 Å². The highest BCUT2D eigenvalue weighted by Gasteiger charge is 2.18. The number of carbonyl (C=O) groups excluding carboxylic acids is 1. The van der Waals surface area contributed by atoms with Gasteiger partial charge in [-0.05, 0) is 30.9 Å². The number of aryl methyl sites for hydroxylation is 2. The maximum atomic E-state index is 12.0. The van der Waals surface area contributed by atoms with Gasteiger partial charge in [0, 0.05) is 17.3 Å². The van der Waals surface area contributed by atoms with Gasteiger partial charge in [-0.15, -0.1) is 22.9 Å². The molecule has 0 bridgehead atoms. The lowest BCUT2D eigenvalue weighted by Gasteiger charge is -2.11. The van der Waals surface area contributed by atoms with Crippen LogP contribution in [0.4, 0.5) is 5.69 Å². The van der Waals surface area contributed by atoms with Crippen LogP contribution in [0, 0.1) is 13.8 Å². The molecule has 0 saturated carbocycles. The Morgan fingerprint density at radius 3 is 2.94 bits per heavy atom. The summed E-state index contributed by atoms with van der Waals surface area (Å²) in [7, 11) is 0. The Hall–Kier alpha value is -1.33. The van der Waals surface area contributed by atoms with Crippen molar-refractivity contribution < 1.29 is 4.79 Å². The van der Waals surface area contributed by atoms with Crippen LogP contribution in [-0.2, 0) is 11.3 Å². The summed E-state index contributed by atoms with van der Waals surface area (Å²) in [6.07, 6.45) is 3.44. The van der Waals surface area contributed by atoms with Crippen LogP contribution in [0.2, 0.25) is 0 Å². The summed E-state index contributed by atoms with van der Waals surface area (Å²) in [4.78, 5) is 13.0. The number of nitrogens with zero attached hydrogens (tertiary/aromatic N) is 2. The van der Waals surface area contributed by atoms with Crippen LogP contribution in [0.3, 0.4) is 0 Å². The molecule has 1 unspecified atom stereocenters. The third kappa shape index (κ3) is 2.91. The average Bonchev–Trinajstić information content (AvgIpc) is 2.94. The number of halogens is 1. The second kappa shape index (κ2) is 5.54. The van der Waals surface area contributed by atoms with Crippen molar-refractivity contribution in [1.82, 2.24) is 9.78 Å². The smallest absolute Gasteiger partial charge is 0.244 e. The van der Waals surface area contributed by atoms with Crippen molar-refractivity contribution in [2.24, 2.45) is 0 Å². The van der Waals surface area contributed by atoms with Crippen molar-refractivity contribution in [2.45, 2.75) is 25.8 Å². The first-order valence-electron chi connectivity index (χ1n) is 5.55. The minimum absolute atomic E-state index is 0.197. The highest BCUT2D eigenvalue weighted by atomic mass is 35.5. The van der Waals surface area contributed by atoms with Gasteiger partial charge in [0.1, 0.15) is 5.38 Å². The summed E-state index contributed by atoms with van der Waals surface area (Å²) in [5, 5.41) is 8.27. The predicted octanol–water partition coefficient (Wildman–Crippen LogP) is 2.81. The Balaban J connectivity index is 2.00. The van der Waals surface area contributed by atoms with E-state index >= 15 is 0 Å². The maximum absolute atomic E-state index is 12.0. The minimum Gasteiger partial charge on any atom is -0.324 e. The Labute approximate surface area is 115 Å². The van der Waals surface area contributed by atoms with Gasteiger partial charge in [-0.3, -0.25) is 9.48 Å². The fraction of sp³-hybridized carbons (Fsp3) is 0.333. The highest BCUT2D eigenvalue weighted by molar-refractivity contribution is 7.10. The largest absolute Gasteiger partial charge is 0.324 e. The summed E-state index contributed by atoms with van der Waals surface area (Å²) in [5.74, 6) is -0.197. The summed E-state index contributed by atoms with van der Waals surface area (Å²) >= 11 is 7.69. The Morgan fingerprint density at radius 1 is 1.61 bits per heavy atom. The molecule has 0 aliphatic carbocycles. The van der Waals surface area contributed by atoms with E-state index in [9.17, 15) is 4.79 Å². The number of anilines is 1. The quantitative estimate of drug-likeness (QED) is 0.877. The zero-order valence-corrected chi connectivity index (χ0v) is 11.8. The number of thiophene rings is 1. The van der Waals surface area contributed by atoms with Crippen molar-refractivity contribution in [3.05, 3.63) is 34.3 Å². The van der Waals surface area contributed by atoms with Crippen LogP contribution in [0.5, 0.6) is 0 Å². The van der Waals surface area contributed by atoms with Gasteiger partial charge in [0.2, 0.25) is 5.91 Å². The van der Waals surface area contributed by atoms with Crippen molar-refractivity contribution in [3.8, 4) is 0 Å². The van der Waals surface area contributed by atoms with E-state index in [1.54, 1.807) is 34.5 Å². The van der Waals surface area contributed by atoms with E-state index < -0.39 is 5.38 Å². The SMILES string of the molecule is Cc1csc(C)c1NC(=O)C(Cl)Cn1cccn1. The molecule has 0 aliphatic rings. The molecule has 4 nitrogen and oxygen atoms in total. The van der Waals surface area contributed by atoms with Gasteiger partial charge in [0.05, 0.1) is 12.2 Å². The van der Waals surface area contributed by atoms with Crippen molar-refractivity contribution >= 4 is 34.5 Å². The molecule has 0 fully saturated rings. The van der Waals surface area contributed by atoms with Gasteiger partial charge in [-0.2, -0.15) is 5.10 Å². The number of aromatic nitrogens is 2. The van der Waals surface area contributed by atoms with Gasteiger partial charge in [0.15, 0.2) is 0 Å².